The maximum absolute atomic E-state index is 12.6. The number of amides is 1. The number of aryl methyl sites for hydroxylation is 3. The molecule has 0 saturated carbocycles. The molecule has 0 bridgehead atoms. The molecule has 0 aliphatic heterocycles. The van der Waals surface area contributed by atoms with Crippen molar-refractivity contribution in [3.05, 3.63) is 69.6 Å². The minimum Gasteiger partial charge on any atom is -0.380 e. The van der Waals surface area contributed by atoms with Crippen LogP contribution in [-0.2, 0) is 11.3 Å². The number of nitrogens with one attached hydrogen (secondary N) is 1. The first-order chi connectivity index (χ1) is 12.5. The first-order valence-electron chi connectivity index (χ1n) is 8.41. The summed E-state index contributed by atoms with van der Waals surface area (Å²) in [5.41, 5.74) is 7.13. The van der Waals surface area contributed by atoms with Gasteiger partial charge in [-0.1, -0.05) is 24.3 Å². The Morgan fingerprint density at radius 3 is 2.62 bits per heavy atom. The van der Waals surface area contributed by atoms with E-state index in [1.54, 1.807) is 13.2 Å². The number of benzene rings is 2. The van der Waals surface area contributed by atoms with Crippen LogP contribution >= 0.6 is 11.3 Å². The minimum atomic E-state index is -0.171. The van der Waals surface area contributed by atoms with Gasteiger partial charge in [-0.3, -0.25) is 10.1 Å². The first-order valence-corrected chi connectivity index (χ1v) is 9.29. The molecule has 1 heterocycles. The van der Waals surface area contributed by atoms with Crippen molar-refractivity contribution in [2.75, 3.05) is 12.4 Å². The molecular formula is C21H22N2O2S. The highest BCUT2D eigenvalue weighted by atomic mass is 32.1. The zero-order valence-corrected chi connectivity index (χ0v) is 16.2. The Kier molecular flexibility index (Phi) is 5.49. The Balaban J connectivity index is 1.83. The smallest absolute Gasteiger partial charge is 0.257 e. The van der Waals surface area contributed by atoms with Crippen molar-refractivity contribution in [3.63, 3.8) is 0 Å². The van der Waals surface area contributed by atoms with Crippen molar-refractivity contribution >= 4 is 22.4 Å². The molecule has 26 heavy (non-hydrogen) atoms. The number of rotatable bonds is 5. The van der Waals surface area contributed by atoms with Gasteiger partial charge in [-0.05, 0) is 55.2 Å². The molecule has 1 N–H and O–H groups in total. The quantitative estimate of drug-likeness (QED) is 0.681. The number of nitrogens with zero attached hydrogens (tertiary/aromatic N) is 1. The third-order valence-corrected chi connectivity index (χ3v) is 5.16. The fourth-order valence-electron chi connectivity index (χ4n) is 2.88. The standard InChI is InChI=1S/C21H22N2O2S/c1-13-9-15(3)18(10-14(13)2)19-12-26-21(22-19)23-20(24)17-8-6-5-7-16(17)11-25-4/h5-10,12H,11H2,1-4H3,(H,22,23,24). The molecule has 1 aromatic heterocycles. The highest BCUT2D eigenvalue weighted by Crippen LogP contribution is 2.29. The molecule has 134 valence electrons. The van der Waals surface area contributed by atoms with E-state index in [0.717, 1.165) is 16.8 Å². The number of carbonyl (C=O) groups excluding carboxylic acids is 1. The molecule has 0 atom stereocenters. The number of thiazole rings is 1. The summed E-state index contributed by atoms with van der Waals surface area (Å²) in [6, 6.07) is 11.8. The first kappa shape index (κ1) is 18.3. The number of carbonyl (C=O) groups is 1. The summed E-state index contributed by atoms with van der Waals surface area (Å²) >= 11 is 1.43. The van der Waals surface area contributed by atoms with Crippen LogP contribution < -0.4 is 5.32 Å². The van der Waals surface area contributed by atoms with Crippen molar-refractivity contribution in [2.24, 2.45) is 0 Å². The Morgan fingerprint density at radius 2 is 1.85 bits per heavy atom. The molecule has 5 heteroatoms. The minimum absolute atomic E-state index is 0.171. The summed E-state index contributed by atoms with van der Waals surface area (Å²) in [7, 11) is 1.62. The van der Waals surface area contributed by atoms with Crippen molar-refractivity contribution < 1.29 is 9.53 Å². The molecule has 0 aliphatic rings. The predicted octanol–water partition coefficient (Wildman–Crippen LogP) is 5.13. The molecule has 3 aromatic rings. The van der Waals surface area contributed by atoms with Gasteiger partial charge in [0.25, 0.3) is 5.91 Å². The van der Waals surface area contributed by atoms with Crippen LogP contribution in [0.25, 0.3) is 11.3 Å². The van der Waals surface area contributed by atoms with Crippen molar-refractivity contribution in [1.82, 2.24) is 4.98 Å². The predicted molar refractivity (Wildman–Crippen MR) is 107 cm³/mol. The zero-order chi connectivity index (χ0) is 18.7. The van der Waals surface area contributed by atoms with Gasteiger partial charge in [0.05, 0.1) is 12.3 Å². The van der Waals surface area contributed by atoms with Crippen LogP contribution in [0.4, 0.5) is 5.13 Å². The van der Waals surface area contributed by atoms with Crippen LogP contribution in [0.5, 0.6) is 0 Å². The maximum atomic E-state index is 12.6. The molecule has 0 radical (unpaired) electrons. The molecular weight excluding hydrogens is 344 g/mol. The van der Waals surface area contributed by atoms with Crippen LogP contribution in [0.3, 0.4) is 0 Å². The van der Waals surface area contributed by atoms with E-state index in [4.69, 9.17) is 4.74 Å². The number of methoxy groups -OCH3 is 1. The van der Waals surface area contributed by atoms with Crippen LogP contribution in [0.2, 0.25) is 0 Å². The highest BCUT2D eigenvalue weighted by Gasteiger charge is 2.14. The summed E-state index contributed by atoms with van der Waals surface area (Å²) in [4.78, 5) is 17.2. The lowest BCUT2D eigenvalue weighted by Gasteiger charge is -2.08. The van der Waals surface area contributed by atoms with Gasteiger partial charge in [-0.15, -0.1) is 11.3 Å². The van der Waals surface area contributed by atoms with E-state index in [1.807, 2.05) is 23.6 Å². The van der Waals surface area contributed by atoms with E-state index in [9.17, 15) is 4.79 Å². The number of hydrogen-bond donors (Lipinski definition) is 1. The van der Waals surface area contributed by atoms with E-state index < -0.39 is 0 Å². The van der Waals surface area contributed by atoms with Gasteiger partial charge < -0.3 is 4.74 Å². The fourth-order valence-corrected chi connectivity index (χ4v) is 3.58. The summed E-state index contributed by atoms with van der Waals surface area (Å²) in [5, 5.41) is 5.48. The van der Waals surface area contributed by atoms with E-state index >= 15 is 0 Å². The van der Waals surface area contributed by atoms with Crippen molar-refractivity contribution in [3.8, 4) is 11.3 Å². The molecule has 4 nitrogen and oxygen atoms in total. The van der Waals surface area contributed by atoms with Gasteiger partial charge in [0, 0.05) is 23.6 Å². The monoisotopic (exact) mass is 366 g/mol. The van der Waals surface area contributed by atoms with Crippen molar-refractivity contribution in [2.45, 2.75) is 27.4 Å². The second-order valence-electron chi connectivity index (χ2n) is 6.33. The molecule has 1 amide bonds. The molecule has 0 unspecified atom stereocenters. The number of ether oxygens (including phenoxy) is 1. The highest BCUT2D eigenvalue weighted by molar-refractivity contribution is 7.14. The number of hydrogen-bond acceptors (Lipinski definition) is 4. The van der Waals surface area contributed by atoms with Crippen molar-refractivity contribution in [1.29, 1.82) is 0 Å². The fraction of sp³-hybridized carbons (Fsp3) is 0.238. The van der Waals surface area contributed by atoms with Crippen LogP contribution in [0, 0.1) is 20.8 Å². The lowest BCUT2D eigenvalue weighted by atomic mass is 9.99. The lowest BCUT2D eigenvalue weighted by Crippen LogP contribution is -2.14. The average molecular weight is 366 g/mol. The van der Waals surface area contributed by atoms with Crippen LogP contribution in [0.1, 0.15) is 32.6 Å². The molecule has 0 fully saturated rings. The largest absolute Gasteiger partial charge is 0.380 e. The topological polar surface area (TPSA) is 51.2 Å². The third-order valence-electron chi connectivity index (χ3n) is 4.40. The maximum Gasteiger partial charge on any atom is 0.257 e. The second-order valence-corrected chi connectivity index (χ2v) is 7.19. The van der Waals surface area contributed by atoms with E-state index in [0.29, 0.717) is 17.3 Å². The van der Waals surface area contributed by atoms with Gasteiger partial charge in [0.15, 0.2) is 5.13 Å². The lowest BCUT2D eigenvalue weighted by molar-refractivity contribution is 0.102. The summed E-state index contributed by atoms with van der Waals surface area (Å²) in [6.07, 6.45) is 0. The summed E-state index contributed by atoms with van der Waals surface area (Å²) < 4.78 is 5.17. The second kappa shape index (κ2) is 7.81. The van der Waals surface area contributed by atoms with Gasteiger partial charge in [-0.2, -0.15) is 0 Å². The zero-order valence-electron chi connectivity index (χ0n) is 15.4. The molecule has 0 saturated heterocycles. The van der Waals surface area contributed by atoms with Crippen LogP contribution in [-0.4, -0.2) is 18.0 Å². The molecule has 3 rings (SSSR count). The average Bonchev–Trinajstić information content (AvgIpc) is 3.07. The Morgan fingerprint density at radius 1 is 1.12 bits per heavy atom. The normalized spacial score (nSPS) is 10.8. The Bertz CT molecular complexity index is 947. The van der Waals surface area contributed by atoms with E-state index in [-0.39, 0.29) is 5.91 Å². The van der Waals surface area contributed by atoms with Crippen LogP contribution in [0.15, 0.2) is 41.8 Å². The van der Waals surface area contributed by atoms with Gasteiger partial charge >= 0.3 is 0 Å². The Hall–Kier alpha value is -2.50. The molecule has 0 aliphatic carbocycles. The number of aromatic nitrogens is 1. The third kappa shape index (κ3) is 3.84. The Labute approximate surface area is 157 Å². The molecule has 0 spiro atoms. The van der Waals surface area contributed by atoms with Gasteiger partial charge in [0.1, 0.15) is 0 Å². The van der Waals surface area contributed by atoms with E-state index in [2.05, 4.69) is 43.2 Å². The van der Waals surface area contributed by atoms with E-state index in [1.165, 1.54) is 28.0 Å². The SMILES string of the molecule is COCc1ccccc1C(=O)Nc1nc(-c2cc(C)c(C)cc2C)cs1. The summed E-state index contributed by atoms with van der Waals surface area (Å²) in [5.74, 6) is -0.171. The number of anilines is 1. The summed E-state index contributed by atoms with van der Waals surface area (Å²) in [6.45, 7) is 6.69. The van der Waals surface area contributed by atoms with Gasteiger partial charge in [0.2, 0.25) is 0 Å². The molecule has 2 aromatic carbocycles. The van der Waals surface area contributed by atoms with Gasteiger partial charge in [-0.25, -0.2) is 4.98 Å².